The number of nitrogens with one attached hydrogen (secondary N) is 1. The van der Waals surface area contributed by atoms with Gasteiger partial charge in [0.1, 0.15) is 10.7 Å². The Labute approximate surface area is 182 Å². The molecule has 1 N–H and O–H groups in total. The van der Waals surface area contributed by atoms with E-state index in [-0.39, 0.29) is 6.54 Å². The van der Waals surface area contributed by atoms with Crippen molar-refractivity contribution in [3.8, 4) is 0 Å². The van der Waals surface area contributed by atoms with E-state index in [2.05, 4.69) is 5.32 Å². The van der Waals surface area contributed by atoms with Crippen molar-refractivity contribution in [2.24, 2.45) is 0 Å². The lowest BCUT2D eigenvalue weighted by Crippen LogP contribution is -2.38. The monoisotopic (exact) mass is 440 g/mol. The highest BCUT2D eigenvalue weighted by molar-refractivity contribution is 7.89. The Hall–Kier alpha value is -3.03. The topological polar surface area (TPSA) is 66.5 Å². The average molecular weight is 441 g/mol. The summed E-state index contributed by atoms with van der Waals surface area (Å²) in [5.74, 6) is -1.34. The number of hydrogen-bond acceptors (Lipinski definition) is 3. The summed E-state index contributed by atoms with van der Waals surface area (Å²) in [6, 6.07) is 19.8. The summed E-state index contributed by atoms with van der Waals surface area (Å²) in [7, 11) is -4.25. The summed E-state index contributed by atoms with van der Waals surface area (Å²) in [4.78, 5) is 12.4. The van der Waals surface area contributed by atoms with E-state index in [4.69, 9.17) is 0 Å². The smallest absolute Gasteiger partial charge is 0.246 e. The third-order valence-corrected chi connectivity index (χ3v) is 6.81. The number of sulfonamides is 1. The van der Waals surface area contributed by atoms with E-state index >= 15 is 0 Å². The second kappa shape index (κ2) is 9.85. The molecule has 0 fully saturated rings. The Morgan fingerprint density at radius 1 is 0.968 bits per heavy atom. The third-order valence-electron chi connectivity index (χ3n) is 4.98. The molecule has 5 nitrogen and oxygen atoms in total. The number of nitrogens with zero attached hydrogens (tertiary/aromatic N) is 1. The first-order chi connectivity index (χ1) is 14.8. The zero-order valence-corrected chi connectivity index (χ0v) is 18.3. The highest BCUT2D eigenvalue weighted by Crippen LogP contribution is 2.23. The van der Waals surface area contributed by atoms with Crippen molar-refractivity contribution in [3.63, 3.8) is 0 Å². The molecule has 0 atom stereocenters. The van der Waals surface area contributed by atoms with Crippen LogP contribution in [0, 0.1) is 12.7 Å². The maximum absolute atomic E-state index is 14.3. The summed E-state index contributed by atoms with van der Waals surface area (Å²) >= 11 is 0. The molecule has 0 heterocycles. The largest absolute Gasteiger partial charge is 0.324 e. The van der Waals surface area contributed by atoms with E-state index < -0.39 is 33.2 Å². The molecular weight excluding hydrogens is 415 g/mol. The first kappa shape index (κ1) is 22.7. The molecule has 31 heavy (non-hydrogen) atoms. The Bertz CT molecular complexity index is 1160. The molecule has 0 aliphatic rings. The zero-order valence-electron chi connectivity index (χ0n) is 17.5. The lowest BCUT2D eigenvalue weighted by molar-refractivity contribution is -0.116. The molecule has 0 aliphatic heterocycles. The van der Waals surface area contributed by atoms with E-state index in [1.165, 1.54) is 18.2 Å². The van der Waals surface area contributed by atoms with Crippen molar-refractivity contribution in [3.05, 3.63) is 95.3 Å². The SMILES string of the molecule is CCc1cccc(C)c1NC(=O)CN(Cc1ccccc1)S(=O)(=O)c1ccccc1F. The Balaban J connectivity index is 1.92. The number of amides is 1. The molecule has 0 radical (unpaired) electrons. The van der Waals surface area contributed by atoms with Crippen molar-refractivity contribution in [1.82, 2.24) is 4.31 Å². The van der Waals surface area contributed by atoms with Crippen LogP contribution in [0.5, 0.6) is 0 Å². The van der Waals surface area contributed by atoms with E-state index in [0.29, 0.717) is 11.3 Å². The van der Waals surface area contributed by atoms with Crippen LogP contribution in [0.4, 0.5) is 10.1 Å². The van der Waals surface area contributed by atoms with Gasteiger partial charge < -0.3 is 5.32 Å². The van der Waals surface area contributed by atoms with Gasteiger partial charge in [-0.05, 0) is 42.2 Å². The number of para-hydroxylation sites is 1. The fourth-order valence-corrected chi connectivity index (χ4v) is 4.80. The number of halogens is 1. The van der Waals surface area contributed by atoms with Crippen molar-refractivity contribution in [1.29, 1.82) is 0 Å². The maximum atomic E-state index is 14.3. The number of benzene rings is 3. The molecule has 0 unspecified atom stereocenters. The third kappa shape index (κ3) is 5.37. The van der Waals surface area contributed by atoms with Gasteiger partial charge in [0.05, 0.1) is 6.54 Å². The minimum Gasteiger partial charge on any atom is -0.324 e. The second-order valence-electron chi connectivity index (χ2n) is 7.20. The van der Waals surface area contributed by atoms with Crippen molar-refractivity contribution >= 4 is 21.6 Å². The zero-order chi connectivity index (χ0) is 22.4. The van der Waals surface area contributed by atoms with Crippen LogP contribution in [0.2, 0.25) is 0 Å². The molecule has 0 saturated carbocycles. The van der Waals surface area contributed by atoms with E-state index in [1.807, 2.05) is 38.1 Å². The molecule has 3 aromatic rings. The molecule has 3 aromatic carbocycles. The van der Waals surface area contributed by atoms with Crippen LogP contribution in [0.25, 0.3) is 0 Å². The minimum atomic E-state index is -4.25. The fraction of sp³-hybridized carbons (Fsp3) is 0.208. The quantitative estimate of drug-likeness (QED) is 0.560. The number of carbonyl (C=O) groups is 1. The number of anilines is 1. The summed E-state index contributed by atoms with van der Waals surface area (Å²) in [6.07, 6.45) is 0.721. The van der Waals surface area contributed by atoms with Crippen LogP contribution in [0.1, 0.15) is 23.6 Å². The molecule has 0 aromatic heterocycles. The predicted octanol–water partition coefficient (Wildman–Crippen LogP) is 4.53. The molecule has 0 bridgehead atoms. The van der Waals surface area contributed by atoms with Gasteiger partial charge in [0.15, 0.2) is 0 Å². The Kier molecular flexibility index (Phi) is 7.20. The van der Waals surface area contributed by atoms with E-state index in [1.54, 1.807) is 24.3 Å². The normalized spacial score (nSPS) is 11.5. The highest BCUT2D eigenvalue weighted by atomic mass is 32.2. The van der Waals surface area contributed by atoms with Gasteiger partial charge in [-0.3, -0.25) is 4.79 Å². The summed E-state index contributed by atoms with van der Waals surface area (Å²) in [6.45, 7) is 3.36. The summed E-state index contributed by atoms with van der Waals surface area (Å²) in [5.41, 5.74) is 3.22. The van der Waals surface area contributed by atoms with Crippen LogP contribution >= 0.6 is 0 Å². The number of rotatable bonds is 8. The van der Waals surface area contributed by atoms with Crippen LogP contribution < -0.4 is 5.32 Å². The van der Waals surface area contributed by atoms with Crippen molar-refractivity contribution < 1.29 is 17.6 Å². The van der Waals surface area contributed by atoms with Crippen LogP contribution in [-0.4, -0.2) is 25.2 Å². The lowest BCUT2D eigenvalue weighted by atomic mass is 10.1. The first-order valence-electron chi connectivity index (χ1n) is 10.00. The predicted molar refractivity (Wildman–Crippen MR) is 120 cm³/mol. The molecule has 0 aliphatic carbocycles. The number of hydrogen-bond donors (Lipinski definition) is 1. The maximum Gasteiger partial charge on any atom is 0.246 e. The highest BCUT2D eigenvalue weighted by Gasteiger charge is 2.29. The number of carbonyl (C=O) groups excluding carboxylic acids is 1. The second-order valence-corrected chi connectivity index (χ2v) is 9.11. The molecule has 1 amide bonds. The van der Waals surface area contributed by atoms with Gasteiger partial charge >= 0.3 is 0 Å². The van der Waals surface area contributed by atoms with Gasteiger partial charge in [-0.2, -0.15) is 4.31 Å². The summed E-state index contributed by atoms with van der Waals surface area (Å²) in [5, 5.41) is 2.85. The molecular formula is C24H25FN2O3S. The average Bonchev–Trinajstić information content (AvgIpc) is 2.75. The molecule has 0 spiro atoms. The van der Waals surface area contributed by atoms with E-state index in [9.17, 15) is 17.6 Å². The molecule has 7 heteroatoms. The Morgan fingerprint density at radius 2 is 1.65 bits per heavy atom. The van der Waals surface area contributed by atoms with Gasteiger partial charge in [-0.25, -0.2) is 12.8 Å². The van der Waals surface area contributed by atoms with Gasteiger partial charge in [0.2, 0.25) is 15.9 Å². The van der Waals surface area contributed by atoms with Crippen LogP contribution in [-0.2, 0) is 27.8 Å². The van der Waals surface area contributed by atoms with Crippen LogP contribution in [0.15, 0.2) is 77.7 Å². The van der Waals surface area contributed by atoms with Gasteiger partial charge in [0, 0.05) is 12.2 Å². The molecule has 0 saturated heterocycles. The van der Waals surface area contributed by atoms with E-state index in [0.717, 1.165) is 27.9 Å². The molecule has 3 rings (SSSR count). The summed E-state index contributed by atoms with van der Waals surface area (Å²) < 4.78 is 41.8. The Morgan fingerprint density at radius 3 is 2.32 bits per heavy atom. The van der Waals surface area contributed by atoms with Crippen molar-refractivity contribution in [2.45, 2.75) is 31.7 Å². The van der Waals surface area contributed by atoms with Gasteiger partial charge in [-0.15, -0.1) is 0 Å². The van der Waals surface area contributed by atoms with Crippen molar-refractivity contribution in [2.75, 3.05) is 11.9 Å². The fourth-order valence-electron chi connectivity index (χ4n) is 3.35. The van der Waals surface area contributed by atoms with Gasteiger partial charge in [-0.1, -0.05) is 67.6 Å². The standard InChI is InChI=1S/C24H25FN2O3S/c1-3-20-13-9-10-18(2)24(20)26-23(28)17-27(16-19-11-5-4-6-12-19)31(29,30)22-15-8-7-14-21(22)25/h4-15H,3,16-17H2,1-2H3,(H,26,28). The minimum absolute atomic E-state index is 0.0562. The van der Waals surface area contributed by atoms with Gasteiger partial charge in [0.25, 0.3) is 0 Å². The lowest BCUT2D eigenvalue weighted by Gasteiger charge is -2.23. The molecule has 162 valence electrons. The number of aryl methyl sites for hydroxylation is 2. The first-order valence-corrected chi connectivity index (χ1v) is 11.4. The van der Waals surface area contributed by atoms with Crippen LogP contribution in [0.3, 0.4) is 0 Å².